The maximum Gasteiger partial charge on any atom is 0.123 e. The number of hydrogen-bond acceptors (Lipinski definition) is 4. The molecule has 0 amide bonds. The molecule has 2 heterocycles. The number of halogens is 1. The van der Waals surface area contributed by atoms with Gasteiger partial charge in [-0.2, -0.15) is 5.10 Å². The molecule has 4 aromatic rings. The molecule has 0 bridgehead atoms. The number of benzene rings is 2. The van der Waals surface area contributed by atoms with Gasteiger partial charge in [-0.1, -0.05) is 24.3 Å². The lowest BCUT2D eigenvalue weighted by molar-refractivity contribution is 0.463. The van der Waals surface area contributed by atoms with E-state index in [1.807, 2.05) is 19.1 Å². The third-order valence-corrected chi connectivity index (χ3v) is 7.28. The van der Waals surface area contributed by atoms with E-state index in [2.05, 4.69) is 52.4 Å². The van der Waals surface area contributed by atoms with Crippen LogP contribution in [0.3, 0.4) is 0 Å². The van der Waals surface area contributed by atoms with Gasteiger partial charge in [-0.15, -0.1) is 11.3 Å². The summed E-state index contributed by atoms with van der Waals surface area (Å²) in [5.74, 6) is -0.213. The molecule has 164 valence electrons. The minimum Gasteiger partial charge on any atom is -0.305 e. The molecule has 6 heteroatoms. The van der Waals surface area contributed by atoms with E-state index in [1.54, 1.807) is 11.3 Å². The van der Waals surface area contributed by atoms with Crippen LogP contribution in [0, 0.1) is 19.7 Å². The Labute approximate surface area is 192 Å². The summed E-state index contributed by atoms with van der Waals surface area (Å²) < 4.78 is 15.4. The van der Waals surface area contributed by atoms with Crippen molar-refractivity contribution in [1.29, 1.82) is 0 Å². The van der Waals surface area contributed by atoms with Gasteiger partial charge in [0.2, 0.25) is 0 Å². The molecule has 1 atom stereocenters. The molecule has 0 fully saturated rings. The highest BCUT2D eigenvalue weighted by Gasteiger charge is 2.24. The molecule has 2 aromatic carbocycles. The number of thiazole rings is 1. The smallest absolute Gasteiger partial charge is 0.123 e. The van der Waals surface area contributed by atoms with Gasteiger partial charge in [-0.3, -0.25) is 4.68 Å². The summed E-state index contributed by atoms with van der Waals surface area (Å²) in [5, 5.41) is 9.33. The zero-order valence-corrected chi connectivity index (χ0v) is 19.3. The molecule has 1 aliphatic carbocycles. The van der Waals surface area contributed by atoms with Crippen molar-refractivity contribution in [3.05, 3.63) is 93.5 Å². The van der Waals surface area contributed by atoms with Crippen LogP contribution in [0.25, 0.3) is 10.6 Å². The van der Waals surface area contributed by atoms with Gasteiger partial charge < -0.3 is 5.32 Å². The van der Waals surface area contributed by atoms with Gasteiger partial charge in [0.15, 0.2) is 0 Å². The average Bonchev–Trinajstić information content (AvgIpc) is 3.36. The second-order valence-electron chi connectivity index (χ2n) is 8.57. The van der Waals surface area contributed by atoms with E-state index < -0.39 is 0 Å². The molecule has 2 aromatic heterocycles. The number of hydrogen-bond donors (Lipinski definition) is 1. The van der Waals surface area contributed by atoms with Gasteiger partial charge in [0.05, 0.1) is 17.9 Å². The Morgan fingerprint density at radius 1 is 1.09 bits per heavy atom. The fourth-order valence-corrected chi connectivity index (χ4v) is 5.64. The van der Waals surface area contributed by atoms with Crippen LogP contribution in [0.4, 0.5) is 4.39 Å². The molecule has 1 aliphatic rings. The van der Waals surface area contributed by atoms with Crippen LogP contribution in [0.5, 0.6) is 0 Å². The summed E-state index contributed by atoms with van der Waals surface area (Å²) in [6, 6.07) is 17.8. The minimum atomic E-state index is -0.213. The second-order valence-corrected chi connectivity index (χ2v) is 9.60. The molecule has 0 radical (unpaired) electrons. The Balaban J connectivity index is 1.29. The quantitative estimate of drug-likeness (QED) is 0.396. The normalized spacial score (nSPS) is 15.7. The van der Waals surface area contributed by atoms with Gasteiger partial charge in [0, 0.05) is 28.7 Å². The van der Waals surface area contributed by atoms with E-state index in [1.165, 1.54) is 39.5 Å². The molecule has 0 saturated heterocycles. The maximum atomic E-state index is 13.3. The van der Waals surface area contributed by atoms with Crippen molar-refractivity contribution in [2.75, 3.05) is 0 Å². The number of nitrogens with zero attached hydrogens (tertiary/aromatic N) is 3. The Hall–Kier alpha value is -2.83. The van der Waals surface area contributed by atoms with Crippen molar-refractivity contribution in [2.24, 2.45) is 0 Å². The van der Waals surface area contributed by atoms with Crippen molar-refractivity contribution >= 4 is 11.3 Å². The lowest BCUT2D eigenvalue weighted by atomic mass is 9.97. The number of fused-ring (bicyclic) bond motifs is 1. The first-order chi connectivity index (χ1) is 15.5. The third-order valence-electron chi connectivity index (χ3n) is 6.02. The van der Waals surface area contributed by atoms with Gasteiger partial charge in [0.25, 0.3) is 0 Å². The summed E-state index contributed by atoms with van der Waals surface area (Å²) in [4.78, 5) is 6.20. The van der Waals surface area contributed by atoms with Gasteiger partial charge >= 0.3 is 0 Å². The topological polar surface area (TPSA) is 42.7 Å². The van der Waals surface area contributed by atoms with Gasteiger partial charge in [-0.05, 0) is 74.6 Å². The molecule has 32 heavy (non-hydrogen) atoms. The van der Waals surface area contributed by atoms with Gasteiger partial charge in [0.1, 0.15) is 10.8 Å². The molecule has 5 rings (SSSR count). The van der Waals surface area contributed by atoms with Crippen LogP contribution in [0.2, 0.25) is 0 Å². The van der Waals surface area contributed by atoms with Crippen LogP contribution in [-0.2, 0) is 19.5 Å². The predicted molar refractivity (Wildman–Crippen MR) is 127 cm³/mol. The van der Waals surface area contributed by atoms with Crippen molar-refractivity contribution < 1.29 is 4.39 Å². The molecule has 0 aliphatic heterocycles. The lowest BCUT2D eigenvalue weighted by Crippen LogP contribution is -2.23. The van der Waals surface area contributed by atoms with Crippen LogP contribution in [0.15, 0.2) is 54.6 Å². The first-order valence-corrected chi connectivity index (χ1v) is 11.9. The van der Waals surface area contributed by atoms with Crippen molar-refractivity contribution in [2.45, 2.75) is 52.2 Å². The van der Waals surface area contributed by atoms with Crippen molar-refractivity contribution in [3.63, 3.8) is 0 Å². The van der Waals surface area contributed by atoms with Crippen LogP contribution < -0.4 is 5.32 Å². The molecule has 4 nitrogen and oxygen atoms in total. The predicted octanol–water partition coefficient (Wildman–Crippen LogP) is 5.98. The Kier molecular flexibility index (Phi) is 5.89. The molecule has 0 saturated carbocycles. The highest BCUT2D eigenvalue weighted by atomic mass is 32.1. The largest absolute Gasteiger partial charge is 0.305 e. The SMILES string of the molecule is Cc1cc(C)n(Cc2cccc(CNC3CCCc4nc(-c5ccc(F)cc5)sc43)c2)n1. The summed E-state index contributed by atoms with van der Waals surface area (Å²) in [6.45, 7) is 5.74. The fourth-order valence-electron chi connectivity index (χ4n) is 4.42. The Morgan fingerprint density at radius 3 is 2.69 bits per heavy atom. The maximum absolute atomic E-state index is 13.3. The molecule has 1 unspecified atom stereocenters. The molecular weight excluding hydrogens is 419 g/mol. The number of rotatable bonds is 6. The molecular formula is C26H27FN4S. The van der Waals surface area contributed by atoms with E-state index in [0.717, 1.165) is 48.6 Å². The van der Waals surface area contributed by atoms with E-state index in [4.69, 9.17) is 4.98 Å². The molecule has 1 N–H and O–H groups in total. The number of aryl methyl sites for hydroxylation is 3. The highest BCUT2D eigenvalue weighted by Crippen LogP contribution is 2.38. The Morgan fingerprint density at radius 2 is 1.91 bits per heavy atom. The van der Waals surface area contributed by atoms with Gasteiger partial charge in [-0.25, -0.2) is 9.37 Å². The van der Waals surface area contributed by atoms with E-state index >= 15 is 0 Å². The second kappa shape index (κ2) is 8.96. The monoisotopic (exact) mass is 446 g/mol. The zero-order chi connectivity index (χ0) is 22.1. The highest BCUT2D eigenvalue weighted by molar-refractivity contribution is 7.15. The minimum absolute atomic E-state index is 0.213. The van der Waals surface area contributed by atoms with Crippen LogP contribution >= 0.6 is 11.3 Å². The lowest BCUT2D eigenvalue weighted by Gasteiger charge is -2.22. The first-order valence-electron chi connectivity index (χ1n) is 11.1. The van der Waals surface area contributed by atoms with E-state index in [0.29, 0.717) is 6.04 Å². The summed E-state index contributed by atoms with van der Waals surface area (Å²) in [7, 11) is 0. The van der Waals surface area contributed by atoms with Crippen LogP contribution in [-0.4, -0.2) is 14.8 Å². The summed E-state index contributed by atoms with van der Waals surface area (Å²) in [5.41, 5.74) is 6.95. The van der Waals surface area contributed by atoms with Crippen LogP contribution in [0.1, 0.15) is 52.0 Å². The van der Waals surface area contributed by atoms with Crippen molar-refractivity contribution in [3.8, 4) is 10.6 Å². The van der Waals surface area contributed by atoms with E-state index in [9.17, 15) is 4.39 Å². The zero-order valence-electron chi connectivity index (χ0n) is 18.4. The third kappa shape index (κ3) is 4.52. The summed E-state index contributed by atoms with van der Waals surface area (Å²) >= 11 is 1.74. The van der Waals surface area contributed by atoms with E-state index in [-0.39, 0.29) is 5.82 Å². The first kappa shape index (κ1) is 21.0. The Bertz CT molecular complexity index is 1230. The summed E-state index contributed by atoms with van der Waals surface area (Å²) in [6.07, 6.45) is 3.27. The van der Waals surface area contributed by atoms with Crippen molar-refractivity contribution in [1.82, 2.24) is 20.1 Å². The standard InChI is InChI=1S/C26H27FN4S/c1-17-13-18(2)31(30-17)16-20-6-3-5-19(14-20)15-28-23-7-4-8-24-25(23)32-26(29-24)21-9-11-22(27)12-10-21/h3,5-6,9-14,23,28H,4,7-8,15-16H2,1-2H3. The fraction of sp³-hybridized carbons (Fsp3) is 0.308. The number of nitrogens with one attached hydrogen (secondary N) is 1. The molecule has 0 spiro atoms. The average molecular weight is 447 g/mol. The number of aromatic nitrogens is 3.